The number of benzene rings is 3. The maximum Gasteiger partial charge on any atom is 0.428 e. The first kappa shape index (κ1) is 20.6. The minimum absolute atomic E-state index is 0.281. The standard InChI is InChI=1S/C25H23FN2O3/c26-21-13-7-6-12-20(21)19-14-15-23-22(17-19)28(25(30)31-23)24(29)27-16-8-2-5-11-18-9-3-1-4-10-18/h1,3-4,6-7,9-10,12-15,17H,2,5,8,11,16H2,(H,27,29). The molecule has 0 aliphatic carbocycles. The molecule has 1 N–H and O–H groups in total. The first-order chi connectivity index (χ1) is 15.1. The van der Waals surface area contributed by atoms with Crippen LogP contribution in [0.5, 0.6) is 0 Å². The summed E-state index contributed by atoms with van der Waals surface area (Å²) in [7, 11) is 0. The van der Waals surface area contributed by atoms with Gasteiger partial charge in [0.15, 0.2) is 5.58 Å². The highest BCUT2D eigenvalue weighted by atomic mass is 19.1. The van der Waals surface area contributed by atoms with E-state index in [2.05, 4.69) is 17.4 Å². The van der Waals surface area contributed by atoms with Crippen LogP contribution in [0, 0.1) is 5.82 Å². The number of nitrogens with one attached hydrogen (secondary N) is 1. The molecule has 4 aromatic rings. The lowest BCUT2D eigenvalue weighted by atomic mass is 10.0. The molecule has 0 saturated heterocycles. The lowest BCUT2D eigenvalue weighted by molar-refractivity contribution is 0.241. The molecule has 0 fully saturated rings. The van der Waals surface area contributed by atoms with Crippen molar-refractivity contribution < 1.29 is 13.6 Å². The third-order valence-corrected chi connectivity index (χ3v) is 5.23. The lowest BCUT2D eigenvalue weighted by Crippen LogP contribution is -2.34. The predicted octanol–water partition coefficient (Wildman–Crippen LogP) is 5.37. The van der Waals surface area contributed by atoms with Crippen LogP contribution in [0.1, 0.15) is 24.8 Å². The zero-order valence-corrected chi connectivity index (χ0v) is 17.0. The van der Waals surface area contributed by atoms with Gasteiger partial charge in [-0.05, 0) is 48.6 Å². The number of aromatic nitrogens is 1. The van der Waals surface area contributed by atoms with Gasteiger partial charge >= 0.3 is 11.8 Å². The molecule has 0 spiro atoms. The molecule has 5 nitrogen and oxygen atoms in total. The zero-order valence-electron chi connectivity index (χ0n) is 17.0. The Hall–Kier alpha value is -3.67. The summed E-state index contributed by atoms with van der Waals surface area (Å²) in [6, 6.07) is 20.9. The van der Waals surface area contributed by atoms with E-state index in [-0.39, 0.29) is 11.4 Å². The zero-order chi connectivity index (χ0) is 21.6. The Balaban J connectivity index is 1.40. The number of unbranched alkanes of at least 4 members (excludes halogenated alkanes) is 2. The monoisotopic (exact) mass is 418 g/mol. The van der Waals surface area contributed by atoms with E-state index in [9.17, 15) is 14.0 Å². The van der Waals surface area contributed by atoms with E-state index in [1.165, 1.54) is 11.6 Å². The molecule has 1 aromatic heterocycles. The number of oxazole rings is 1. The van der Waals surface area contributed by atoms with Crippen molar-refractivity contribution in [1.29, 1.82) is 0 Å². The SMILES string of the molecule is O=C(NCCCCCc1ccccc1)n1c(=O)oc2ccc(-c3ccccc3F)cc21. The maximum atomic E-state index is 14.1. The summed E-state index contributed by atoms with van der Waals surface area (Å²) >= 11 is 0. The Labute approximate surface area is 179 Å². The number of nitrogens with zero attached hydrogens (tertiary/aromatic N) is 1. The van der Waals surface area contributed by atoms with Crippen molar-refractivity contribution in [2.75, 3.05) is 6.54 Å². The normalized spacial score (nSPS) is 11.0. The van der Waals surface area contributed by atoms with Gasteiger partial charge in [-0.1, -0.05) is 61.0 Å². The van der Waals surface area contributed by atoms with Crippen molar-refractivity contribution in [3.8, 4) is 11.1 Å². The number of hydrogen-bond donors (Lipinski definition) is 1. The Morgan fingerprint density at radius 1 is 0.935 bits per heavy atom. The fourth-order valence-electron chi connectivity index (χ4n) is 3.62. The second-order valence-corrected chi connectivity index (χ2v) is 7.39. The van der Waals surface area contributed by atoms with Gasteiger partial charge in [-0.2, -0.15) is 4.57 Å². The molecule has 0 unspecified atom stereocenters. The van der Waals surface area contributed by atoms with E-state index < -0.39 is 11.8 Å². The number of aryl methyl sites for hydroxylation is 1. The van der Waals surface area contributed by atoms with Gasteiger partial charge in [-0.15, -0.1) is 0 Å². The van der Waals surface area contributed by atoms with Crippen LogP contribution in [0.3, 0.4) is 0 Å². The highest BCUT2D eigenvalue weighted by molar-refractivity contribution is 5.90. The van der Waals surface area contributed by atoms with Gasteiger partial charge in [0, 0.05) is 12.1 Å². The second kappa shape index (κ2) is 9.43. The molecule has 31 heavy (non-hydrogen) atoms. The van der Waals surface area contributed by atoms with Crippen molar-refractivity contribution in [2.45, 2.75) is 25.7 Å². The third-order valence-electron chi connectivity index (χ3n) is 5.23. The summed E-state index contributed by atoms with van der Waals surface area (Å²) in [6.07, 6.45) is 3.80. The summed E-state index contributed by atoms with van der Waals surface area (Å²) in [5.41, 5.74) is 2.85. The minimum atomic E-state index is -0.762. The minimum Gasteiger partial charge on any atom is -0.407 e. The van der Waals surface area contributed by atoms with E-state index in [1.807, 2.05) is 18.2 Å². The van der Waals surface area contributed by atoms with Crippen molar-refractivity contribution in [1.82, 2.24) is 9.88 Å². The van der Waals surface area contributed by atoms with E-state index in [4.69, 9.17) is 4.42 Å². The molecular formula is C25H23FN2O3. The van der Waals surface area contributed by atoms with Gasteiger partial charge in [-0.3, -0.25) is 0 Å². The van der Waals surface area contributed by atoms with Crippen molar-refractivity contribution >= 4 is 17.1 Å². The number of hydrogen-bond acceptors (Lipinski definition) is 3. The summed E-state index contributed by atoms with van der Waals surface area (Å²) in [6.45, 7) is 0.458. The molecule has 0 aliphatic rings. The molecule has 1 amide bonds. The van der Waals surface area contributed by atoms with Crippen molar-refractivity contribution in [3.05, 3.63) is 94.7 Å². The molecule has 0 radical (unpaired) electrons. The quantitative estimate of drug-likeness (QED) is 0.410. The van der Waals surface area contributed by atoms with E-state index in [0.717, 1.165) is 30.3 Å². The fourth-order valence-corrected chi connectivity index (χ4v) is 3.62. The highest BCUT2D eigenvalue weighted by Gasteiger charge is 2.17. The summed E-state index contributed by atoms with van der Waals surface area (Å²) in [4.78, 5) is 24.9. The summed E-state index contributed by atoms with van der Waals surface area (Å²) in [5.74, 6) is -1.14. The number of fused-ring (bicyclic) bond motifs is 1. The Kier molecular flexibility index (Phi) is 6.26. The van der Waals surface area contributed by atoms with Gasteiger partial charge in [0.2, 0.25) is 0 Å². The second-order valence-electron chi connectivity index (χ2n) is 7.39. The number of amides is 1. The molecule has 4 rings (SSSR count). The largest absolute Gasteiger partial charge is 0.428 e. The van der Waals surface area contributed by atoms with Crippen LogP contribution >= 0.6 is 0 Å². The van der Waals surface area contributed by atoms with Gasteiger partial charge in [0.25, 0.3) is 0 Å². The van der Waals surface area contributed by atoms with Crippen molar-refractivity contribution in [3.63, 3.8) is 0 Å². The average Bonchev–Trinajstić information content (AvgIpc) is 3.12. The first-order valence-electron chi connectivity index (χ1n) is 10.4. The molecule has 0 bridgehead atoms. The molecule has 0 aliphatic heterocycles. The predicted molar refractivity (Wildman–Crippen MR) is 119 cm³/mol. The number of halogens is 1. The Morgan fingerprint density at radius 3 is 2.52 bits per heavy atom. The van der Waals surface area contributed by atoms with Crippen molar-refractivity contribution in [2.24, 2.45) is 0 Å². The topological polar surface area (TPSA) is 64.2 Å². The molecule has 0 saturated carbocycles. The Morgan fingerprint density at radius 2 is 1.71 bits per heavy atom. The molecule has 1 heterocycles. The van der Waals surface area contributed by atoms with Crippen LogP contribution in [0.15, 0.2) is 82.0 Å². The van der Waals surface area contributed by atoms with Gasteiger partial charge < -0.3 is 9.73 Å². The number of carbonyl (C=O) groups excluding carboxylic acids is 1. The van der Waals surface area contributed by atoms with E-state index in [0.29, 0.717) is 23.2 Å². The maximum absolute atomic E-state index is 14.1. The third kappa shape index (κ3) is 4.74. The van der Waals surface area contributed by atoms with E-state index >= 15 is 0 Å². The molecule has 0 atom stereocenters. The highest BCUT2D eigenvalue weighted by Crippen LogP contribution is 2.26. The van der Waals surface area contributed by atoms with Gasteiger partial charge in [0.1, 0.15) is 11.3 Å². The fraction of sp³-hybridized carbons (Fsp3) is 0.200. The average molecular weight is 418 g/mol. The van der Waals surface area contributed by atoms with Crippen LogP contribution in [0.4, 0.5) is 9.18 Å². The molecule has 158 valence electrons. The van der Waals surface area contributed by atoms with E-state index in [1.54, 1.807) is 36.4 Å². The van der Waals surface area contributed by atoms with Crippen LogP contribution in [0.25, 0.3) is 22.2 Å². The van der Waals surface area contributed by atoms with Crippen LogP contribution in [-0.4, -0.2) is 17.1 Å². The van der Waals surface area contributed by atoms with Crippen LogP contribution < -0.4 is 11.1 Å². The lowest BCUT2D eigenvalue weighted by Gasteiger charge is -2.07. The molecule has 6 heteroatoms. The number of carbonyl (C=O) groups is 1. The summed E-state index contributed by atoms with van der Waals surface area (Å²) < 4.78 is 20.3. The Bertz CT molecular complexity index is 1240. The smallest absolute Gasteiger partial charge is 0.407 e. The summed E-state index contributed by atoms with van der Waals surface area (Å²) in [5, 5.41) is 2.78. The van der Waals surface area contributed by atoms with Crippen LogP contribution in [0.2, 0.25) is 0 Å². The molecule has 3 aromatic carbocycles. The first-order valence-corrected chi connectivity index (χ1v) is 10.4. The van der Waals surface area contributed by atoms with Gasteiger partial charge in [-0.25, -0.2) is 14.0 Å². The number of rotatable bonds is 7. The van der Waals surface area contributed by atoms with Crippen LogP contribution in [-0.2, 0) is 6.42 Å². The molecular weight excluding hydrogens is 395 g/mol. The van der Waals surface area contributed by atoms with Gasteiger partial charge in [0.05, 0.1) is 0 Å².